The van der Waals surface area contributed by atoms with Crippen molar-refractivity contribution in [2.24, 2.45) is 0 Å². The van der Waals surface area contributed by atoms with Crippen LogP contribution in [0.1, 0.15) is 19.8 Å². The molecule has 0 aromatic carbocycles. The SMILES string of the molecule is CC(=O)C=C(O)CCC(=O)O. The van der Waals surface area contributed by atoms with Gasteiger partial charge < -0.3 is 10.2 Å². The van der Waals surface area contributed by atoms with Crippen molar-refractivity contribution in [1.29, 1.82) is 0 Å². The van der Waals surface area contributed by atoms with E-state index >= 15 is 0 Å². The lowest BCUT2D eigenvalue weighted by Gasteiger charge is -1.93. The fourth-order valence-corrected chi connectivity index (χ4v) is 0.542. The van der Waals surface area contributed by atoms with Gasteiger partial charge in [0, 0.05) is 12.5 Å². The highest BCUT2D eigenvalue weighted by atomic mass is 16.4. The van der Waals surface area contributed by atoms with Crippen LogP contribution in [-0.4, -0.2) is 22.0 Å². The van der Waals surface area contributed by atoms with Gasteiger partial charge in [-0.2, -0.15) is 0 Å². The number of carboxylic acid groups (broad SMARTS) is 1. The molecule has 0 saturated heterocycles. The van der Waals surface area contributed by atoms with Crippen molar-refractivity contribution in [2.45, 2.75) is 19.8 Å². The third kappa shape index (κ3) is 6.57. The number of carbonyl (C=O) groups is 2. The lowest BCUT2D eigenvalue weighted by atomic mass is 10.2. The van der Waals surface area contributed by atoms with E-state index in [4.69, 9.17) is 10.2 Å². The minimum absolute atomic E-state index is 0.00884. The van der Waals surface area contributed by atoms with E-state index in [1.54, 1.807) is 0 Å². The second-order valence-corrected chi connectivity index (χ2v) is 2.14. The molecule has 2 N–H and O–H groups in total. The van der Waals surface area contributed by atoms with Crippen molar-refractivity contribution >= 4 is 11.8 Å². The molecule has 0 spiro atoms. The first-order chi connectivity index (χ1) is 5.02. The number of hydrogen-bond acceptors (Lipinski definition) is 3. The summed E-state index contributed by atoms with van der Waals surface area (Å²) in [5.74, 6) is -1.46. The first-order valence-electron chi connectivity index (χ1n) is 3.14. The van der Waals surface area contributed by atoms with Gasteiger partial charge in [0.1, 0.15) is 0 Å². The Balaban J connectivity index is 3.77. The van der Waals surface area contributed by atoms with Gasteiger partial charge in [-0.3, -0.25) is 9.59 Å². The summed E-state index contributed by atoms with van der Waals surface area (Å²) >= 11 is 0. The summed E-state index contributed by atoms with van der Waals surface area (Å²) in [5, 5.41) is 17.0. The first kappa shape index (κ1) is 9.68. The molecule has 0 rings (SSSR count). The van der Waals surface area contributed by atoms with E-state index in [0.29, 0.717) is 0 Å². The van der Waals surface area contributed by atoms with Crippen molar-refractivity contribution < 1.29 is 19.8 Å². The Morgan fingerprint density at radius 1 is 1.27 bits per heavy atom. The van der Waals surface area contributed by atoms with E-state index in [0.717, 1.165) is 6.08 Å². The van der Waals surface area contributed by atoms with Crippen LogP contribution in [0.5, 0.6) is 0 Å². The Bertz CT molecular complexity index is 193. The third-order valence-electron chi connectivity index (χ3n) is 0.965. The molecule has 0 atom stereocenters. The minimum Gasteiger partial charge on any atom is -0.512 e. The van der Waals surface area contributed by atoms with Gasteiger partial charge in [0.25, 0.3) is 0 Å². The van der Waals surface area contributed by atoms with Crippen LogP contribution >= 0.6 is 0 Å². The lowest BCUT2D eigenvalue weighted by molar-refractivity contribution is -0.137. The summed E-state index contributed by atoms with van der Waals surface area (Å²) in [6, 6.07) is 0. The Morgan fingerprint density at radius 2 is 1.82 bits per heavy atom. The molecule has 0 aliphatic heterocycles. The van der Waals surface area contributed by atoms with Crippen LogP contribution < -0.4 is 0 Å². The van der Waals surface area contributed by atoms with Gasteiger partial charge in [0.05, 0.1) is 12.2 Å². The summed E-state index contributed by atoms with van der Waals surface area (Å²) < 4.78 is 0. The predicted molar refractivity (Wildman–Crippen MR) is 38.3 cm³/mol. The Kier molecular flexibility index (Phi) is 3.95. The Morgan fingerprint density at radius 3 is 2.18 bits per heavy atom. The maximum Gasteiger partial charge on any atom is 0.303 e. The van der Waals surface area contributed by atoms with Gasteiger partial charge >= 0.3 is 5.97 Å². The van der Waals surface area contributed by atoms with Gasteiger partial charge in [-0.05, 0) is 6.92 Å². The fourth-order valence-electron chi connectivity index (χ4n) is 0.542. The minimum atomic E-state index is -0.992. The monoisotopic (exact) mass is 158 g/mol. The zero-order chi connectivity index (χ0) is 8.85. The van der Waals surface area contributed by atoms with Crippen molar-refractivity contribution in [3.05, 3.63) is 11.8 Å². The average Bonchev–Trinajstić information content (AvgIpc) is 1.82. The van der Waals surface area contributed by atoms with Crippen molar-refractivity contribution in [1.82, 2.24) is 0 Å². The van der Waals surface area contributed by atoms with E-state index < -0.39 is 5.97 Å². The number of allylic oxidation sites excluding steroid dienone is 2. The van der Waals surface area contributed by atoms with E-state index in [2.05, 4.69) is 0 Å². The van der Waals surface area contributed by atoms with E-state index in [-0.39, 0.29) is 24.4 Å². The van der Waals surface area contributed by atoms with Gasteiger partial charge in [-0.25, -0.2) is 0 Å². The van der Waals surface area contributed by atoms with Crippen molar-refractivity contribution in [3.8, 4) is 0 Å². The van der Waals surface area contributed by atoms with Crippen LogP contribution in [0.25, 0.3) is 0 Å². The topological polar surface area (TPSA) is 74.6 Å². The molecule has 0 radical (unpaired) electrons. The quantitative estimate of drug-likeness (QED) is 0.470. The summed E-state index contributed by atoms with van der Waals surface area (Å²) in [6.45, 7) is 1.29. The second kappa shape index (κ2) is 4.49. The molecule has 0 saturated carbocycles. The molecule has 0 aliphatic carbocycles. The number of aliphatic carboxylic acids is 1. The van der Waals surface area contributed by atoms with Crippen LogP contribution in [0.2, 0.25) is 0 Å². The Hall–Kier alpha value is -1.32. The van der Waals surface area contributed by atoms with Crippen LogP contribution in [0.3, 0.4) is 0 Å². The zero-order valence-corrected chi connectivity index (χ0v) is 6.20. The number of aliphatic hydroxyl groups excluding tert-OH is 1. The van der Waals surface area contributed by atoms with Crippen LogP contribution in [0.15, 0.2) is 11.8 Å². The molecule has 4 heteroatoms. The highest BCUT2D eigenvalue weighted by Crippen LogP contribution is 2.00. The fraction of sp³-hybridized carbons (Fsp3) is 0.429. The molecule has 0 aliphatic rings. The number of rotatable bonds is 4. The van der Waals surface area contributed by atoms with Crippen LogP contribution in [0.4, 0.5) is 0 Å². The van der Waals surface area contributed by atoms with Gasteiger partial charge in [0.15, 0.2) is 5.78 Å². The summed E-state index contributed by atoms with van der Waals surface area (Å²) in [7, 11) is 0. The number of ketones is 1. The highest BCUT2D eigenvalue weighted by molar-refractivity contribution is 5.87. The van der Waals surface area contributed by atoms with Gasteiger partial charge in [-0.15, -0.1) is 0 Å². The number of hydrogen-bond donors (Lipinski definition) is 2. The van der Waals surface area contributed by atoms with Crippen molar-refractivity contribution in [3.63, 3.8) is 0 Å². The lowest BCUT2D eigenvalue weighted by Crippen LogP contribution is -1.96. The largest absolute Gasteiger partial charge is 0.512 e. The smallest absolute Gasteiger partial charge is 0.303 e. The molecular weight excluding hydrogens is 148 g/mol. The average molecular weight is 158 g/mol. The second-order valence-electron chi connectivity index (χ2n) is 2.14. The molecule has 0 heterocycles. The molecule has 0 aromatic rings. The van der Waals surface area contributed by atoms with E-state index in [9.17, 15) is 9.59 Å². The molecule has 11 heavy (non-hydrogen) atoms. The number of carboxylic acids is 1. The molecule has 62 valence electrons. The van der Waals surface area contributed by atoms with Gasteiger partial charge in [-0.1, -0.05) is 0 Å². The maximum atomic E-state index is 10.3. The third-order valence-corrected chi connectivity index (χ3v) is 0.965. The highest BCUT2D eigenvalue weighted by Gasteiger charge is 2.00. The molecule has 0 bridgehead atoms. The van der Waals surface area contributed by atoms with Gasteiger partial charge in [0.2, 0.25) is 0 Å². The summed E-state index contributed by atoms with van der Waals surface area (Å²) in [6.07, 6.45) is 0.869. The van der Waals surface area contributed by atoms with Crippen molar-refractivity contribution in [2.75, 3.05) is 0 Å². The van der Waals surface area contributed by atoms with E-state index in [1.165, 1.54) is 6.92 Å². The molecule has 0 fully saturated rings. The number of aliphatic hydroxyl groups is 1. The molecule has 0 amide bonds. The maximum absolute atomic E-state index is 10.3. The first-order valence-corrected chi connectivity index (χ1v) is 3.14. The van der Waals surface area contributed by atoms with Crippen LogP contribution in [-0.2, 0) is 9.59 Å². The zero-order valence-electron chi connectivity index (χ0n) is 6.20. The predicted octanol–water partition coefficient (Wildman–Crippen LogP) is 0.882. The van der Waals surface area contributed by atoms with Crippen LogP contribution in [0, 0.1) is 0 Å². The summed E-state index contributed by atoms with van der Waals surface area (Å²) in [5.41, 5.74) is 0. The number of carbonyl (C=O) groups excluding carboxylic acids is 1. The standard InChI is InChI=1S/C7H10O4/c1-5(8)4-6(9)2-3-7(10)11/h4,9H,2-3H2,1H3,(H,10,11). The normalized spacial score (nSPS) is 11.2. The Labute approximate surface area is 64.2 Å². The molecule has 4 nitrogen and oxygen atoms in total. The molecule has 0 unspecified atom stereocenters. The molecule has 0 aromatic heterocycles. The summed E-state index contributed by atoms with van der Waals surface area (Å²) in [4.78, 5) is 20.3. The van der Waals surface area contributed by atoms with E-state index in [1.807, 2.05) is 0 Å². The molecular formula is C7H10O4.